The predicted octanol–water partition coefficient (Wildman–Crippen LogP) is 8.31. The fourth-order valence-corrected chi connectivity index (χ4v) is 4.62. The van der Waals surface area contributed by atoms with Gasteiger partial charge in [-0.05, 0) is 12.8 Å². The zero-order valence-corrected chi connectivity index (χ0v) is 24.2. The van der Waals surface area contributed by atoms with Crippen molar-refractivity contribution in [2.75, 3.05) is 26.9 Å². The second kappa shape index (κ2) is 24.9. The molecule has 0 fully saturated rings. The number of unbranched alkanes of at least 4 members (excludes halogenated alkanes) is 18. The van der Waals surface area contributed by atoms with E-state index in [4.69, 9.17) is 4.55 Å². The highest BCUT2D eigenvalue weighted by molar-refractivity contribution is 7.80. The molecule has 0 radical (unpaired) electrons. The molecule has 0 amide bonds. The Morgan fingerprint density at radius 3 is 1.43 bits per heavy atom. The van der Waals surface area contributed by atoms with Crippen LogP contribution in [0.1, 0.15) is 142 Å². The van der Waals surface area contributed by atoms with Crippen molar-refractivity contribution in [3.05, 3.63) is 12.4 Å². The van der Waals surface area contributed by atoms with Gasteiger partial charge in [0, 0.05) is 26.0 Å². The summed E-state index contributed by atoms with van der Waals surface area (Å²) in [6, 6.07) is 0. The van der Waals surface area contributed by atoms with E-state index in [9.17, 15) is 8.42 Å². The molecule has 210 valence electrons. The Bertz CT molecular complexity index is 569. The lowest BCUT2D eigenvalue weighted by Gasteiger charge is -2.17. The van der Waals surface area contributed by atoms with Gasteiger partial charge in [-0.15, -0.1) is 0 Å². The number of hydrogen-bond acceptors (Lipinski definition) is 5. The zero-order chi connectivity index (χ0) is 26.0. The Kier molecular flexibility index (Phi) is 24.3. The van der Waals surface area contributed by atoms with Gasteiger partial charge in [-0.3, -0.25) is 4.55 Å². The van der Waals surface area contributed by atoms with Gasteiger partial charge in [0.25, 0.3) is 0 Å². The molecular weight excluding hydrogens is 460 g/mol. The highest BCUT2D eigenvalue weighted by Gasteiger charge is 2.06. The molecule has 0 unspecified atom stereocenters. The Morgan fingerprint density at radius 1 is 0.657 bits per heavy atom. The van der Waals surface area contributed by atoms with Crippen molar-refractivity contribution in [3.8, 4) is 0 Å². The first-order valence-corrected chi connectivity index (χ1v) is 16.0. The van der Waals surface area contributed by atoms with Gasteiger partial charge in [-0.25, -0.2) is 4.18 Å². The third-order valence-corrected chi connectivity index (χ3v) is 6.93. The smallest absolute Gasteiger partial charge is 0.362 e. The molecule has 1 aliphatic heterocycles. The zero-order valence-electron chi connectivity index (χ0n) is 23.4. The molecule has 0 saturated heterocycles. The minimum atomic E-state index is -4.23. The van der Waals surface area contributed by atoms with E-state index in [0.717, 1.165) is 19.5 Å². The Hall–Kier alpha value is -0.790. The summed E-state index contributed by atoms with van der Waals surface area (Å²) in [6.45, 7) is 6.91. The van der Waals surface area contributed by atoms with Crippen LogP contribution < -0.4 is 0 Å². The summed E-state index contributed by atoms with van der Waals surface area (Å²) >= 11 is 0. The molecule has 0 aliphatic carbocycles. The van der Waals surface area contributed by atoms with Crippen LogP contribution in [0.5, 0.6) is 0 Å². The Labute approximate surface area is 218 Å². The van der Waals surface area contributed by atoms with Crippen LogP contribution in [0.4, 0.5) is 0 Å². The van der Waals surface area contributed by atoms with Crippen molar-refractivity contribution in [1.82, 2.24) is 9.80 Å². The van der Waals surface area contributed by atoms with Gasteiger partial charge >= 0.3 is 10.4 Å². The van der Waals surface area contributed by atoms with Crippen molar-refractivity contribution in [2.45, 2.75) is 142 Å². The van der Waals surface area contributed by atoms with Gasteiger partial charge in [0.15, 0.2) is 0 Å². The summed E-state index contributed by atoms with van der Waals surface area (Å²) in [6.07, 6.45) is 30.5. The van der Waals surface area contributed by atoms with Crippen molar-refractivity contribution >= 4 is 10.4 Å². The van der Waals surface area contributed by atoms with Crippen molar-refractivity contribution < 1.29 is 17.2 Å². The number of nitrogens with zero attached hydrogens (tertiary/aromatic N) is 2. The Balaban J connectivity index is 0.000000662. The SMILES string of the molecule is CCCCCCCCCCCCN1C=CN(C)C1.CCCCCCCCCCCCOS(=O)(=O)O. The van der Waals surface area contributed by atoms with Crippen LogP contribution in [0, 0.1) is 0 Å². The summed E-state index contributed by atoms with van der Waals surface area (Å²) in [5.41, 5.74) is 0. The molecule has 1 aliphatic rings. The first-order valence-electron chi connectivity index (χ1n) is 14.6. The van der Waals surface area contributed by atoms with E-state index in [1.807, 2.05) is 0 Å². The normalized spacial score (nSPS) is 13.4. The predicted molar refractivity (Wildman–Crippen MR) is 150 cm³/mol. The van der Waals surface area contributed by atoms with Crippen LogP contribution in [0.3, 0.4) is 0 Å². The lowest BCUT2D eigenvalue weighted by atomic mass is 10.1. The van der Waals surface area contributed by atoms with Gasteiger partial charge in [-0.2, -0.15) is 8.42 Å². The molecule has 0 atom stereocenters. The second-order valence-electron chi connectivity index (χ2n) is 10.1. The van der Waals surface area contributed by atoms with E-state index >= 15 is 0 Å². The molecule has 0 aromatic heterocycles. The summed E-state index contributed by atoms with van der Waals surface area (Å²) in [5, 5.41) is 0. The first kappa shape index (κ1) is 34.2. The lowest BCUT2D eigenvalue weighted by molar-refractivity contribution is 0.261. The van der Waals surface area contributed by atoms with Crippen LogP contribution in [-0.4, -0.2) is 49.6 Å². The molecule has 0 aromatic rings. The highest BCUT2D eigenvalue weighted by atomic mass is 32.3. The third-order valence-electron chi connectivity index (χ3n) is 6.47. The number of rotatable bonds is 23. The number of hydrogen-bond donors (Lipinski definition) is 1. The van der Waals surface area contributed by atoms with E-state index in [1.54, 1.807) is 0 Å². The van der Waals surface area contributed by atoms with Crippen molar-refractivity contribution in [3.63, 3.8) is 0 Å². The fourth-order valence-electron chi connectivity index (χ4n) is 4.29. The van der Waals surface area contributed by atoms with Crippen LogP contribution >= 0.6 is 0 Å². The molecule has 0 spiro atoms. The topological polar surface area (TPSA) is 70.1 Å². The average molecular weight is 519 g/mol. The van der Waals surface area contributed by atoms with Gasteiger partial charge < -0.3 is 9.80 Å². The van der Waals surface area contributed by atoms with Crippen LogP contribution in [0.2, 0.25) is 0 Å². The molecule has 0 bridgehead atoms. The molecule has 1 rings (SSSR count). The van der Waals surface area contributed by atoms with E-state index in [-0.39, 0.29) is 6.61 Å². The van der Waals surface area contributed by atoms with E-state index < -0.39 is 10.4 Å². The summed E-state index contributed by atoms with van der Waals surface area (Å²) in [4.78, 5) is 4.64. The van der Waals surface area contributed by atoms with Crippen molar-refractivity contribution in [2.24, 2.45) is 0 Å². The average Bonchev–Trinajstić information content (AvgIpc) is 3.23. The standard InChI is InChI=1S/C16H32N2.C12H26O4S/c1-3-4-5-6-7-8-9-10-11-12-13-18-15-14-17(2)16-18;1-2-3-4-5-6-7-8-9-10-11-12-16-17(13,14)15/h14-15H,3-13,16H2,1-2H3;2-12H2,1H3,(H,13,14,15). The fraction of sp³-hybridized carbons (Fsp3) is 0.929. The molecule has 35 heavy (non-hydrogen) atoms. The maximum atomic E-state index is 10.2. The van der Waals surface area contributed by atoms with Crippen LogP contribution in [-0.2, 0) is 14.6 Å². The van der Waals surface area contributed by atoms with Gasteiger partial charge in [-0.1, -0.05) is 129 Å². The van der Waals surface area contributed by atoms with Crippen molar-refractivity contribution in [1.29, 1.82) is 0 Å². The van der Waals surface area contributed by atoms with E-state index in [1.165, 1.54) is 116 Å². The highest BCUT2D eigenvalue weighted by Crippen LogP contribution is 2.12. The van der Waals surface area contributed by atoms with Gasteiger partial charge in [0.1, 0.15) is 0 Å². The minimum absolute atomic E-state index is 0.0926. The molecule has 7 heteroatoms. The minimum Gasteiger partial charge on any atom is -0.362 e. The Morgan fingerprint density at radius 2 is 1.06 bits per heavy atom. The summed E-state index contributed by atoms with van der Waals surface area (Å²) in [7, 11) is -2.10. The molecule has 1 N–H and O–H groups in total. The van der Waals surface area contributed by atoms with E-state index in [2.05, 4.69) is 47.3 Å². The van der Waals surface area contributed by atoms with Gasteiger partial charge in [0.2, 0.25) is 0 Å². The van der Waals surface area contributed by atoms with Gasteiger partial charge in [0.05, 0.1) is 13.3 Å². The molecule has 1 heterocycles. The largest absolute Gasteiger partial charge is 0.397 e. The van der Waals surface area contributed by atoms with Crippen LogP contribution in [0.25, 0.3) is 0 Å². The summed E-state index contributed by atoms with van der Waals surface area (Å²) in [5.74, 6) is 0. The van der Waals surface area contributed by atoms with Crippen LogP contribution in [0.15, 0.2) is 12.4 Å². The molecule has 0 saturated carbocycles. The maximum absolute atomic E-state index is 10.2. The monoisotopic (exact) mass is 518 g/mol. The lowest BCUT2D eigenvalue weighted by Crippen LogP contribution is -2.23. The maximum Gasteiger partial charge on any atom is 0.397 e. The molecule has 0 aromatic carbocycles. The molecule has 6 nitrogen and oxygen atoms in total. The quantitative estimate of drug-likeness (QED) is 0.108. The second-order valence-corrected chi connectivity index (χ2v) is 11.2. The molecular formula is C28H58N2O4S. The van der Waals surface area contributed by atoms with E-state index in [0.29, 0.717) is 6.42 Å². The summed E-state index contributed by atoms with van der Waals surface area (Å²) < 4.78 is 33.0. The third kappa shape index (κ3) is 27.6. The first-order chi connectivity index (χ1) is 16.9.